The first-order chi connectivity index (χ1) is 20.4. The number of fused-ring (bicyclic) bond motifs is 2. The lowest BCUT2D eigenvalue weighted by Gasteiger charge is -2.29. The second-order valence-corrected chi connectivity index (χ2v) is 11.6. The first kappa shape index (κ1) is 25.9. The molecular weight excluding hydrogens is 552 g/mol. The summed E-state index contributed by atoms with van der Waals surface area (Å²) in [6, 6.07) is 35.7. The number of anilines is 2. The van der Waals surface area contributed by atoms with Crippen LogP contribution in [-0.4, -0.2) is 26.3 Å². The Morgan fingerprint density at radius 3 is 2.10 bits per heavy atom. The first-order valence-corrected chi connectivity index (χ1v) is 14.8. The van der Waals surface area contributed by atoms with E-state index in [0.29, 0.717) is 16.9 Å². The van der Waals surface area contributed by atoms with Crippen molar-refractivity contribution in [1.29, 1.82) is 0 Å². The van der Waals surface area contributed by atoms with Crippen molar-refractivity contribution in [3.05, 3.63) is 133 Å². The number of hydrogen-bond donors (Lipinski definition) is 0. The van der Waals surface area contributed by atoms with Gasteiger partial charge in [0.25, 0.3) is 5.91 Å². The lowest BCUT2D eigenvalue weighted by molar-refractivity contribution is -0.126. The average molecular weight is 577 g/mol. The monoisotopic (exact) mass is 576 g/mol. The fourth-order valence-corrected chi connectivity index (χ4v) is 6.70. The van der Waals surface area contributed by atoms with E-state index in [1.807, 2.05) is 48.5 Å². The van der Waals surface area contributed by atoms with E-state index < -0.39 is 40.0 Å². The van der Waals surface area contributed by atoms with Crippen LogP contribution in [0, 0.1) is 5.92 Å². The minimum Gasteiger partial charge on any atom is -0.379 e. The number of rotatable bonds is 6. The molecule has 2 heterocycles. The summed E-state index contributed by atoms with van der Waals surface area (Å²) < 4.78 is 32.1. The summed E-state index contributed by atoms with van der Waals surface area (Å²) in [5, 5.41) is 3.17. The Kier molecular flexibility index (Phi) is 6.26. The number of amides is 2. The normalized spacial score (nSPS) is 20.2. The second-order valence-electron chi connectivity index (χ2n) is 10.1. The number of para-hydroxylation sites is 2. The smallest absolute Gasteiger partial charge is 0.339 e. The van der Waals surface area contributed by atoms with Crippen LogP contribution in [0.2, 0.25) is 0 Å². The Morgan fingerprint density at radius 2 is 1.31 bits per heavy atom. The van der Waals surface area contributed by atoms with Gasteiger partial charge in [0.15, 0.2) is 6.10 Å². The van der Waals surface area contributed by atoms with Gasteiger partial charge in [-0.25, -0.2) is 9.96 Å². The highest BCUT2D eigenvalue weighted by Gasteiger charge is 2.61. The number of carbonyl (C=O) groups excluding carboxylic acids is 2. The third-order valence-electron chi connectivity index (χ3n) is 7.60. The summed E-state index contributed by atoms with van der Waals surface area (Å²) in [7, 11) is -4.19. The number of hydrogen-bond acceptors (Lipinski definition) is 7. The van der Waals surface area contributed by atoms with Gasteiger partial charge in [-0.1, -0.05) is 91.0 Å². The molecule has 2 aliphatic rings. The molecule has 9 heteroatoms. The van der Waals surface area contributed by atoms with Crippen LogP contribution in [0.4, 0.5) is 11.4 Å². The fourth-order valence-electron chi connectivity index (χ4n) is 5.72. The number of hydroxylamine groups is 1. The third kappa shape index (κ3) is 4.22. The highest BCUT2D eigenvalue weighted by atomic mass is 32.2. The average Bonchev–Trinajstić information content (AvgIpc) is 3.53. The predicted molar refractivity (Wildman–Crippen MR) is 157 cm³/mol. The number of imide groups is 1. The molecule has 0 spiro atoms. The van der Waals surface area contributed by atoms with Crippen LogP contribution < -0.4 is 14.1 Å². The van der Waals surface area contributed by atoms with Crippen molar-refractivity contribution in [1.82, 2.24) is 0 Å². The molecular formula is C33H24N2O6S. The van der Waals surface area contributed by atoms with Gasteiger partial charge in [0.05, 0.1) is 17.4 Å². The molecule has 2 fully saturated rings. The van der Waals surface area contributed by atoms with Gasteiger partial charge in [0, 0.05) is 10.9 Å². The molecule has 7 rings (SSSR count). The summed E-state index contributed by atoms with van der Waals surface area (Å²) in [5.74, 6) is -1.85. The highest BCUT2D eigenvalue weighted by molar-refractivity contribution is 7.87. The van der Waals surface area contributed by atoms with Crippen molar-refractivity contribution in [3.63, 3.8) is 0 Å². The Morgan fingerprint density at radius 1 is 0.667 bits per heavy atom. The van der Waals surface area contributed by atoms with Gasteiger partial charge in [0.1, 0.15) is 16.6 Å². The third-order valence-corrected chi connectivity index (χ3v) is 8.85. The largest absolute Gasteiger partial charge is 0.379 e. The molecule has 42 heavy (non-hydrogen) atoms. The molecule has 2 amide bonds. The molecule has 0 radical (unpaired) electrons. The maximum atomic E-state index is 14.3. The lowest BCUT2D eigenvalue weighted by atomic mass is 9.90. The predicted octanol–water partition coefficient (Wildman–Crippen LogP) is 5.66. The minimum atomic E-state index is -4.19. The number of benzene rings is 5. The Labute approximate surface area is 242 Å². The molecule has 5 aromatic rings. The molecule has 2 saturated heterocycles. The van der Waals surface area contributed by atoms with Crippen molar-refractivity contribution in [2.75, 3.05) is 9.96 Å². The van der Waals surface area contributed by atoms with Crippen molar-refractivity contribution in [2.45, 2.75) is 17.0 Å². The Balaban J connectivity index is 1.34. The standard InChI is InChI=1S/C33H24N2O6S/c36-32-29-30(26-19-9-10-21-28(26)41-42(38,39)24-16-5-2-6-17-24)35(23-14-3-1-4-15-23)40-31(29)33(37)34(32)27-20-11-13-22-12-7-8-18-25(22)27/h1-21,29-31H/t29-,30-,31-/m1/s1. The number of carbonyl (C=O) groups is 2. The Hall–Kier alpha value is -4.99. The molecule has 0 N–H and O–H groups in total. The molecule has 0 saturated carbocycles. The van der Waals surface area contributed by atoms with E-state index in [4.69, 9.17) is 9.02 Å². The second kappa shape index (κ2) is 10.1. The number of nitrogens with zero attached hydrogens (tertiary/aromatic N) is 2. The van der Waals surface area contributed by atoms with Crippen LogP contribution in [0.25, 0.3) is 10.8 Å². The Bertz CT molecular complexity index is 1930. The van der Waals surface area contributed by atoms with E-state index in [1.54, 1.807) is 60.7 Å². The first-order valence-electron chi connectivity index (χ1n) is 13.4. The van der Waals surface area contributed by atoms with E-state index in [-0.39, 0.29) is 10.6 Å². The van der Waals surface area contributed by atoms with Gasteiger partial charge in [-0.15, -0.1) is 0 Å². The lowest BCUT2D eigenvalue weighted by Crippen LogP contribution is -2.37. The molecule has 3 atom stereocenters. The molecule has 2 aliphatic heterocycles. The summed E-state index contributed by atoms with van der Waals surface area (Å²) in [6.45, 7) is 0. The van der Waals surface area contributed by atoms with E-state index >= 15 is 0 Å². The SMILES string of the molecule is O=C1[C@@H]2[C@@H](c3ccccc3OS(=O)(=O)c3ccccc3)N(c3ccccc3)O[C@H]2C(=O)N1c1cccc2ccccc12. The molecule has 0 unspecified atom stereocenters. The molecule has 0 aliphatic carbocycles. The van der Waals surface area contributed by atoms with Crippen LogP contribution in [0.5, 0.6) is 5.75 Å². The zero-order chi connectivity index (χ0) is 28.8. The van der Waals surface area contributed by atoms with Crippen molar-refractivity contribution < 1.29 is 27.0 Å². The van der Waals surface area contributed by atoms with Crippen molar-refractivity contribution in [2.24, 2.45) is 5.92 Å². The van der Waals surface area contributed by atoms with Gasteiger partial charge in [-0.05, 0) is 41.8 Å². The van der Waals surface area contributed by atoms with E-state index in [2.05, 4.69) is 0 Å². The molecule has 208 valence electrons. The van der Waals surface area contributed by atoms with Crippen LogP contribution in [0.15, 0.2) is 132 Å². The molecule has 8 nitrogen and oxygen atoms in total. The van der Waals surface area contributed by atoms with E-state index in [0.717, 1.165) is 10.8 Å². The van der Waals surface area contributed by atoms with Crippen molar-refractivity contribution in [3.8, 4) is 5.75 Å². The maximum absolute atomic E-state index is 14.3. The van der Waals surface area contributed by atoms with Crippen LogP contribution in [0.3, 0.4) is 0 Å². The molecule has 0 aromatic heterocycles. The van der Waals surface area contributed by atoms with Crippen LogP contribution >= 0.6 is 0 Å². The summed E-state index contributed by atoms with van der Waals surface area (Å²) in [4.78, 5) is 35.6. The fraction of sp³-hybridized carbons (Fsp3) is 0.0909. The molecule has 0 bridgehead atoms. The highest BCUT2D eigenvalue weighted by Crippen LogP contribution is 2.50. The van der Waals surface area contributed by atoms with Crippen LogP contribution in [0.1, 0.15) is 11.6 Å². The van der Waals surface area contributed by atoms with Gasteiger partial charge < -0.3 is 4.18 Å². The molecule has 5 aromatic carbocycles. The summed E-state index contributed by atoms with van der Waals surface area (Å²) in [5.41, 5.74) is 1.48. The van der Waals surface area contributed by atoms with Gasteiger partial charge in [0.2, 0.25) is 5.91 Å². The van der Waals surface area contributed by atoms with Gasteiger partial charge in [-0.2, -0.15) is 8.42 Å². The topological polar surface area (TPSA) is 93.2 Å². The zero-order valence-corrected chi connectivity index (χ0v) is 22.9. The van der Waals surface area contributed by atoms with Gasteiger partial charge in [-0.3, -0.25) is 14.4 Å². The zero-order valence-electron chi connectivity index (χ0n) is 22.1. The maximum Gasteiger partial charge on any atom is 0.339 e. The summed E-state index contributed by atoms with van der Waals surface area (Å²) >= 11 is 0. The van der Waals surface area contributed by atoms with E-state index in [9.17, 15) is 18.0 Å². The van der Waals surface area contributed by atoms with E-state index in [1.165, 1.54) is 28.2 Å². The minimum absolute atomic E-state index is 0.00508. The van der Waals surface area contributed by atoms with Gasteiger partial charge >= 0.3 is 10.1 Å². The summed E-state index contributed by atoms with van der Waals surface area (Å²) in [6.07, 6.45) is -1.12. The van der Waals surface area contributed by atoms with Crippen molar-refractivity contribution >= 4 is 44.1 Å². The van der Waals surface area contributed by atoms with Crippen LogP contribution in [-0.2, 0) is 24.5 Å². The quantitative estimate of drug-likeness (QED) is 0.190.